The number of hydrogen-bond acceptors (Lipinski definition) is 1. The summed E-state index contributed by atoms with van der Waals surface area (Å²) in [7, 11) is 0. The van der Waals surface area contributed by atoms with Crippen molar-refractivity contribution in [3.05, 3.63) is 34.6 Å². The van der Waals surface area contributed by atoms with E-state index in [1.165, 1.54) is 18.9 Å². The Morgan fingerprint density at radius 3 is 2.81 bits per heavy atom. The third-order valence-electron chi connectivity index (χ3n) is 3.29. The van der Waals surface area contributed by atoms with Gasteiger partial charge in [-0.1, -0.05) is 11.6 Å². The molecule has 0 aromatic heterocycles. The van der Waals surface area contributed by atoms with Crippen LogP contribution in [0.1, 0.15) is 24.8 Å². The molecule has 0 atom stereocenters. The van der Waals surface area contributed by atoms with Crippen LogP contribution in [0.2, 0.25) is 5.02 Å². The van der Waals surface area contributed by atoms with Crippen molar-refractivity contribution in [3.63, 3.8) is 0 Å². The standard InChI is InChI=1S/C13H17ClFN/c14-13-4-3-12(15)9-11(13)2-1-10-5-7-16-8-6-10/h3-4,9-10,16H,1-2,5-8H2. The molecule has 1 nitrogen and oxygen atoms in total. The molecule has 1 aliphatic heterocycles. The highest BCUT2D eigenvalue weighted by Crippen LogP contribution is 2.23. The highest BCUT2D eigenvalue weighted by Gasteiger charge is 2.13. The molecule has 0 saturated carbocycles. The molecule has 1 saturated heterocycles. The van der Waals surface area contributed by atoms with Crippen LogP contribution in [0.3, 0.4) is 0 Å². The Morgan fingerprint density at radius 2 is 2.06 bits per heavy atom. The second kappa shape index (κ2) is 5.65. The lowest BCUT2D eigenvalue weighted by molar-refractivity contribution is 0.354. The van der Waals surface area contributed by atoms with Gasteiger partial charge in [0.15, 0.2) is 0 Å². The number of nitrogens with one attached hydrogen (secondary N) is 1. The molecule has 1 heterocycles. The van der Waals surface area contributed by atoms with Crippen LogP contribution in [0.4, 0.5) is 4.39 Å². The summed E-state index contributed by atoms with van der Waals surface area (Å²) >= 11 is 6.03. The van der Waals surface area contributed by atoms with Crippen LogP contribution in [-0.2, 0) is 6.42 Å². The van der Waals surface area contributed by atoms with Crippen LogP contribution in [0.15, 0.2) is 18.2 Å². The van der Waals surface area contributed by atoms with Gasteiger partial charge in [-0.05, 0) is 68.5 Å². The molecule has 16 heavy (non-hydrogen) atoms. The average molecular weight is 242 g/mol. The van der Waals surface area contributed by atoms with Gasteiger partial charge in [0.2, 0.25) is 0 Å². The van der Waals surface area contributed by atoms with Crippen molar-refractivity contribution in [1.82, 2.24) is 5.32 Å². The summed E-state index contributed by atoms with van der Waals surface area (Å²) < 4.78 is 13.0. The highest BCUT2D eigenvalue weighted by atomic mass is 35.5. The second-order valence-corrected chi connectivity index (χ2v) is 4.87. The predicted octanol–water partition coefficient (Wildman–Crippen LogP) is 3.41. The molecule has 88 valence electrons. The van der Waals surface area contributed by atoms with Gasteiger partial charge in [0.25, 0.3) is 0 Å². The van der Waals surface area contributed by atoms with E-state index in [4.69, 9.17) is 11.6 Å². The Balaban J connectivity index is 1.90. The molecule has 0 aliphatic carbocycles. The van der Waals surface area contributed by atoms with E-state index in [1.54, 1.807) is 12.1 Å². The summed E-state index contributed by atoms with van der Waals surface area (Å²) in [5, 5.41) is 4.04. The number of benzene rings is 1. The Morgan fingerprint density at radius 1 is 1.31 bits per heavy atom. The zero-order chi connectivity index (χ0) is 11.4. The molecular weight excluding hydrogens is 225 g/mol. The van der Waals surface area contributed by atoms with Crippen LogP contribution in [0.5, 0.6) is 0 Å². The van der Waals surface area contributed by atoms with Crippen LogP contribution >= 0.6 is 11.6 Å². The van der Waals surface area contributed by atoms with Gasteiger partial charge in [-0.15, -0.1) is 0 Å². The first-order valence-corrected chi connectivity index (χ1v) is 6.28. The number of aryl methyl sites for hydroxylation is 1. The first-order chi connectivity index (χ1) is 7.75. The second-order valence-electron chi connectivity index (χ2n) is 4.47. The summed E-state index contributed by atoms with van der Waals surface area (Å²) in [6.07, 6.45) is 4.46. The van der Waals surface area contributed by atoms with E-state index in [0.717, 1.165) is 37.4 Å². The van der Waals surface area contributed by atoms with Crippen molar-refractivity contribution in [2.24, 2.45) is 5.92 Å². The van der Waals surface area contributed by atoms with E-state index < -0.39 is 0 Å². The first kappa shape index (κ1) is 11.9. The van der Waals surface area contributed by atoms with Gasteiger partial charge in [-0.3, -0.25) is 0 Å². The van der Waals surface area contributed by atoms with Crippen molar-refractivity contribution >= 4 is 11.6 Å². The van der Waals surface area contributed by atoms with Crippen molar-refractivity contribution in [2.45, 2.75) is 25.7 Å². The van der Waals surface area contributed by atoms with Crippen LogP contribution in [0, 0.1) is 11.7 Å². The van der Waals surface area contributed by atoms with Gasteiger partial charge < -0.3 is 5.32 Å². The van der Waals surface area contributed by atoms with Crippen molar-refractivity contribution in [1.29, 1.82) is 0 Å². The molecule has 3 heteroatoms. The van der Waals surface area contributed by atoms with Crippen molar-refractivity contribution in [3.8, 4) is 0 Å². The van der Waals surface area contributed by atoms with Gasteiger partial charge >= 0.3 is 0 Å². The van der Waals surface area contributed by atoms with Gasteiger partial charge in [-0.2, -0.15) is 0 Å². The minimum absolute atomic E-state index is 0.190. The maximum Gasteiger partial charge on any atom is 0.123 e. The van der Waals surface area contributed by atoms with Crippen LogP contribution < -0.4 is 5.32 Å². The fourth-order valence-electron chi connectivity index (χ4n) is 2.26. The molecule has 0 radical (unpaired) electrons. The summed E-state index contributed by atoms with van der Waals surface area (Å²) in [4.78, 5) is 0. The summed E-state index contributed by atoms with van der Waals surface area (Å²) in [6.45, 7) is 2.23. The fourth-order valence-corrected chi connectivity index (χ4v) is 2.48. The minimum Gasteiger partial charge on any atom is -0.317 e. The van der Waals surface area contributed by atoms with Gasteiger partial charge in [-0.25, -0.2) is 4.39 Å². The van der Waals surface area contributed by atoms with Gasteiger partial charge in [0.05, 0.1) is 0 Å². The number of halogens is 2. The molecule has 1 aromatic rings. The van der Waals surface area contributed by atoms with Crippen LogP contribution in [0.25, 0.3) is 0 Å². The van der Waals surface area contributed by atoms with Crippen molar-refractivity contribution in [2.75, 3.05) is 13.1 Å². The average Bonchev–Trinajstić information content (AvgIpc) is 2.32. The third-order valence-corrected chi connectivity index (χ3v) is 3.66. The lowest BCUT2D eigenvalue weighted by Gasteiger charge is -2.22. The Bertz CT molecular complexity index is 348. The zero-order valence-corrected chi connectivity index (χ0v) is 10.1. The van der Waals surface area contributed by atoms with Crippen molar-refractivity contribution < 1.29 is 4.39 Å². The number of rotatable bonds is 3. The smallest absolute Gasteiger partial charge is 0.123 e. The van der Waals surface area contributed by atoms with E-state index in [9.17, 15) is 4.39 Å². The minimum atomic E-state index is -0.190. The summed E-state index contributed by atoms with van der Waals surface area (Å²) in [6, 6.07) is 4.62. The SMILES string of the molecule is Fc1ccc(Cl)c(CCC2CCNCC2)c1. The lowest BCUT2D eigenvalue weighted by atomic mass is 9.91. The summed E-state index contributed by atoms with van der Waals surface area (Å²) in [5.41, 5.74) is 0.945. The Kier molecular flexibility index (Phi) is 4.19. The molecule has 0 unspecified atom stereocenters. The van der Waals surface area contributed by atoms with Gasteiger partial charge in [0.1, 0.15) is 5.82 Å². The molecule has 2 rings (SSSR count). The maximum absolute atomic E-state index is 13.0. The van der Waals surface area contributed by atoms with E-state index in [1.807, 2.05) is 0 Å². The summed E-state index contributed by atoms with van der Waals surface area (Å²) in [5.74, 6) is 0.574. The van der Waals surface area contributed by atoms with Crippen LogP contribution in [-0.4, -0.2) is 13.1 Å². The molecule has 0 spiro atoms. The highest BCUT2D eigenvalue weighted by molar-refractivity contribution is 6.31. The molecule has 1 aromatic carbocycles. The molecule has 1 N–H and O–H groups in total. The third kappa shape index (κ3) is 3.19. The topological polar surface area (TPSA) is 12.0 Å². The molecule has 0 amide bonds. The Labute approximate surface area is 101 Å². The lowest BCUT2D eigenvalue weighted by Crippen LogP contribution is -2.27. The first-order valence-electron chi connectivity index (χ1n) is 5.90. The zero-order valence-electron chi connectivity index (χ0n) is 9.31. The number of hydrogen-bond donors (Lipinski definition) is 1. The quantitative estimate of drug-likeness (QED) is 0.855. The van der Waals surface area contributed by atoms with E-state index in [-0.39, 0.29) is 5.82 Å². The van der Waals surface area contributed by atoms with Gasteiger partial charge in [0, 0.05) is 5.02 Å². The molecule has 1 fully saturated rings. The fraction of sp³-hybridized carbons (Fsp3) is 0.538. The normalized spacial score (nSPS) is 17.6. The Hall–Kier alpha value is -0.600. The van der Waals surface area contributed by atoms with E-state index in [2.05, 4.69) is 5.32 Å². The van der Waals surface area contributed by atoms with E-state index >= 15 is 0 Å². The largest absolute Gasteiger partial charge is 0.317 e. The monoisotopic (exact) mass is 241 g/mol. The number of piperidine rings is 1. The molecule has 0 bridgehead atoms. The van der Waals surface area contributed by atoms with E-state index in [0.29, 0.717) is 5.02 Å². The molecule has 1 aliphatic rings. The molecular formula is C13H17ClFN. The maximum atomic E-state index is 13.0. The predicted molar refractivity (Wildman–Crippen MR) is 65.3 cm³/mol.